The van der Waals surface area contributed by atoms with Gasteiger partial charge in [0.1, 0.15) is 23.0 Å². The van der Waals surface area contributed by atoms with Gasteiger partial charge >= 0.3 is 0 Å². The molecule has 0 aliphatic rings. The summed E-state index contributed by atoms with van der Waals surface area (Å²) in [5.74, 6) is 1.42. The maximum absolute atomic E-state index is 6.14. The van der Waals surface area contributed by atoms with Crippen molar-refractivity contribution in [1.82, 2.24) is 0 Å². The highest BCUT2D eigenvalue weighted by atomic mass is 127. The molecule has 0 aliphatic carbocycles. The molecule has 2 unspecified atom stereocenters. The van der Waals surface area contributed by atoms with Crippen LogP contribution >= 0.6 is 42.2 Å². The Morgan fingerprint density at radius 3 is 2.67 bits per heavy atom. The van der Waals surface area contributed by atoms with Crippen LogP contribution in [0.5, 0.6) is 11.5 Å². The van der Waals surface area contributed by atoms with E-state index in [1.54, 1.807) is 30.1 Å². The second-order valence-electron chi connectivity index (χ2n) is 3.99. The third kappa shape index (κ3) is 3.62. The molecule has 0 bridgehead atoms. The van der Waals surface area contributed by atoms with Gasteiger partial charge < -0.3 is 9.47 Å². The topological polar surface area (TPSA) is 27.7 Å². The van der Waals surface area contributed by atoms with Gasteiger partial charge in [0.15, 0.2) is 18.3 Å². The Balaban J connectivity index is 3.24. The van der Waals surface area contributed by atoms with Gasteiger partial charge in [-0.05, 0) is 20.4 Å². The van der Waals surface area contributed by atoms with E-state index in [9.17, 15) is 0 Å². The van der Waals surface area contributed by atoms with Crippen molar-refractivity contribution in [2.75, 3.05) is 13.9 Å². The van der Waals surface area contributed by atoms with E-state index in [2.05, 4.69) is 13.8 Å². The smallest absolute Gasteiger partial charge is 0.200 e. The van der Waals surface area contributed by atoms with Gasteiger partial charge in [0.25, 0.3) is 0 Å². The number of hydrogen-bond donors (Lipinski definition) is 0. The molecule has 1 aromatic rings. The number of para-hydroxylation sites is 1. The predicted molar refractivity (Wildman–Crippen MR) is 85.4 cm³/mol. The van der Waals surface area contributed by atoms with Crippen molar-refractivity contribution in [2.24, 2.45) is 0 Å². The van der Waals surface area contributed by atoms with Crippen LogP contribution in [0.2, 0.25) is 0 Å². The normalized spacial score (nSPS) is 14.7. The molecule has 6 heteroatoms. The van der Waals surface area contributed by atoms with Gasteiger partial charge in [-0.1, -0.05) is 37.2 Å². The van der Waals surface area contributed by atoms with E-state index in [-0.39, 0.29) is 19.9 Å². The summed E-state index contributed by atoms with van der Waals surface area (Å²) in [4.78, 5) is 0. The van der Waals surface area contributed by atoms with E-state index < -0.39 is 0 Å². The molecule has 0 spiro atoms. The summed E-state index contributed by atoms with van der Waals surface area (Å²) in [6, 6.07) is 5.86. The molecular formula is C12H17ClIO3P. The predicted octanol–water partition coefficient (Wildman–Crippen LogP) is 4.86. The lowest BCUT2D eigenvalue weighted by molar-refractivity contribution is 0.157. The average Bonchev–Trinajstić information content (AvgIpc) is 2.43. The fourth-order valence-corrected chi connectivity index (χ4v) is 2.92. The standard InChI is InChI=1S/C12H17ClIO3P/c1-4-12(2,18-13)9-6-5-7-10(15-3)11(9)16-8-17-14/h5-7,18H,4,8H2,1-3H3. The summed E-state index contributed by atoms with van der Waals surface area (Å²) in [6.07, 6.45) is 0.934. The number of halogens is 2. The van der Waals surface area contributed by atoms with Crippen molar-refractivity contribution < 1.29 is 12.5 Å². The van der Waals surface area contributed by atoms with E-state index in [1.165, 1.54) is 0 Å². The zero-order valence-electron chi connectivity index (χ0n) is 10.6. The molecule has 3 nitrogen and oxygen atoms in total. The monoisotopic (exact) mass is 402 g/mol. The van der Waals surface area contributed by atoms with Crippen LogP contribution in [0, 0.1) is 0 Å². The molecule has 0 fully saturated rings. The van der Waals surface area contributed by atoms with Crippen LogP contribution in [0.15, 0.2) is 18.2 Å². The number of rotatable bonds is 7. The number of methoxy groups -OCH3 is 1. The van der Waals surface area contributed by atoms with Crippen LogP contribution in [0.25, 0.3) is 0 Å². The number of hydrogen-bond acceptors (Lipinski definition) is 3. The van der Waals surface area contributed by atoms with Crippen LogP contribution in [-0.4, -0.2) is 13.9 Å². The molecule has 0 saturated carbocycles. The Morgan fingerprint density at radius 1 is 1.44 bits per heavy atom. The molecule has 2 atom stereocenters. The summed E-state index contributed by atoms with van der Waals surface area (Å²) in [5, 5.41) is -0.114. The van der Waals surface area contributed by atoms with Crippen molar-refractivity contribution in [1.29, 1.82) is 0 Å². The van der Waals surface area contributed by atoms with Crippen molar-refractivity contribution in [2.45, 2.75) is 25.4 Å². The Labute approximate surface area is 129 Å². The zero-order valence-corrected chi connectivity index (χ0v) is 14.5. The first kappa shape index (κ1) is 16.3. The second-order valence-corrected chi connectivity index (χ2v) is 6.47. The van der Waals surface area contributed by atoms with Gasteiger partial charge in [-0.2, -0.15) is 0 Å². The quantitative estimate of drug-likeness (QED) is 0.370. The van der Waals surface area contributed by atoms with Crippen LogP contribution in [0.1, 0.15) is 25.8 Å². The number of benzene rings is 1. The first-order chi connectivity index (χ1) is 8.62. The minimum absolute atomic E-state index is 0.114. The minimum Gasteiger partial charge on any atom is -0.493 e. The fraction of sp³-hybridized carbons (Fsp3) is 0.500. The highest BCUT2D eigenvalue weighted by Crippen LogP contribution is 2.51. The Hall–Kier alpha value is 0.230. The lowest BCUT2D eigenvalue weighted by Gasteiger charge is -2.28. The van der Waals surface area contributed by atoms with Gasteiger partial charge in [0, 0.05) is 10.7 Å². The molecule has 0 amide bonds. The largest absolute Gasteiger partial charge is 0.493 e. The van der Waals surface area contributed by atoms with E-state index in [0.29, 0.717) is 11.5 Å². The average molecular weight is 403 g/mol. The lowest BCUT2D eigenvalue weighted by Crippen LogP contribution is -2.15. The van der Waals surface area contributed by atoms with Crippen LogP contribution in [0.4, 0.5) is 0 Å². The van der Waals surface area contributed by atoms with E-state index in [0.717, 1.165) is 12.0 Å². The highest BCUT2D eigenvalue weighted by Gasteiger charge is 2.29. The van der Waals surface area contributed by atoms with E-state index >= 15 is 0 Å². The summed E-state index contributed by atoms with van der Waals surface area (Å²) < 4.78 is 15.9. The van der Waals surface area contributed by atoms with E-state index in [1.807, 2.05) is 18.2 Å². The second kappa shape index (κ2) is 7.73. The van der Waals surface area contributed by atoms with Crippen molar-refractivity contribution in [3.05, 3.63) is 23.8 Å². The fourth-order valence-electron chi connectivity index (χ4n) is 1.65. The maximum atomic E-state index is 6.14. The van der Waals surface area contributed by atoms with Crippen LogP contribution in [0.3, 0.4) is 0 Å². The first-order valence-corrected chi connectivity index (χ1v) is 8.43. The molecule has 1 aromatic carbocycles. The molecule has 0 saturated heterocycles. The van der Waals surface area contributed by atoms with Gasteiger partial charge in [-0.15, -0.1) is 0 Å². The SMILES string of the molecule is CCC(C)(PCl)c1cccc(OC)c1OCOI. The van der Waals surface area contributed by atoms with Crippen molar-refractivity contribution in [3.8, 4) is 11.5 Å². The molecule has 102 valence electrons. The molecular weight excluding hydrogens is 385 g/mol. The first-order valence-electron chi connectivity index (χ1n) is 5.54. The third-order valence-corrected chi connectivity index (χ3v) is 5.50. The van der Waals surface area contributed by atoms with Gasteiger partial charge in [0.05, 0.1) is 7.11 Å². The molecule has 0 N–H and O–H groups in total. The van der Waals surface area contributed by atoms with Crippen molar-refractivity contribution >= 4 is 42.2 Å². The Kier molecular flexibility index (Phi) is 6.99. The third-order valence-electron chi connectivity index (χ3n) is 2.96. The minimum atomic E-state index is -0.114. The molecule has 0 aromatic heterocycles. The summed E-state index contributed by atoms with van der Waals surface area (Å²) >= 11 is 7.94. The van der Waals surface area contributed by atoms with Crippen molar-refractivity contribution in [3.63, 3.8) is 0 Å². The zero-order chi connectivity index (χ0) is 13.6. The highest BCUT2D eigenvalue weighted by molar-refractivity contribution is 14.1. The molecule has 0 radical (unpaired) electrons. The summed E-state index contributed by atoms with van der Waals surface area (Å²) in [7, 11) is 1.90. The summed E-state index contributed by atoms with van der Waals surface area (Å²) in [6.45, 7) is 4.43. The van der Waals surface area contributed by atoms with Crippen LogP contribution in [-0.2, 0) is 8.22 Å². The molecule has 0 heterocycles. The van der Waals surface area contributed by atoms with Gasteiger partial charge in [-0.25, -0.2) is 0 Å². The summed E-state index contributed by atoms with van der Waals surface area (Å²) in [5.41, 5.74) is 1.06. The Bertz CT molecular complexity index is 386. The van der Waals surface area contributed by atoms with Gasteiger partial charge in [-0.3, -0.25) is 3.07 Å². The Morgan fingerprint density at radius 2 is 2.17 bits per heavy atom. The molecule has 18 heavy (non-hydrogen) atoms. The molecule has 1 rings (SSSR count). The van der Waals surface area contributed by atoms with Gasteiger partial charge in [0.2, 0.25) is 0 Å². The lowest BCUT2D eigenvalue weighted by atomic mass is 9.96. The molecule has 0 aliphatic heterocycles. The number of ether oxygens (including phenoxy) is 2. The maximum Gasteiger partial charge on any atom is 0.200 e. The van der Waals surface area contributed by atoms with E-state index in [4.69, 9.17) is 23.8 Å². The van der Waals surface area contributed by atoms with Crippen LogP contribution < -0.4 is 9.47 Å².